The SMILES string of the molecule is COc1cc(C(=O)C(C)C)ccc1NC(=O)C(C)C. The molecule has 0 heterocycles. The molecule has 0 aliphatic heterocycles. The molecule has 4 heteroatoms. The highest BCUT2D eigenvalue weighted by Gasteiger charge is 2.15. The van der Waals surface area contributed by atoms with Crippen molar-refractivity contribution in [3.05, 3.63) is 23.8 Å². The van der Waals surface area contributed by atoms with Gasteiger partial charge in [-0.15, -0.1) is 0 Å². The Hall–Kier alpha value is -1.84. The summed E-state index contributed by atoms with van der Waals surface area (Å²) in [6.45, 7) is 7.34. The van der Waals surface area contributed by atoms with Crippen molar-refractivity contribution in [1.29, 1.82) is 0 Å². The first-order valence-electron chi connectivity index (χ1n) is 6.40. The molecule has 0 spiro atoms. The average Bonchev–Trinajstić information content (AvgIpc) is 2.37. The molecular formula is C15H21NO3. The number of rotatable bonds is 5. The Balaban J connectivity index is 3.03. The maximum atomic E-state index is 11.9. The van der Waals surface area contributed by atoms with Gasteiger partial charge in [-0.3, -0.25) is 9.59 Å². The molecule has 0 aliphatic carbocycles. The molecule has 1 rings (SSSR count). The minimum Gasteiger partial charge on any atom is -0.495 e. The fourth-order valence-electron chi connectivity index (χ4n) is 1.56. The van der Waals surface area contributed by atoms with Crippen LogP contribution in [0, 0.1) is 11.8 Å². The zero-order chi connectivity index (χ0) is 14.6. The lowest BCUT2D eigenvalue weighted by molar-refractivity contribution is -0.118. The predicted molar refractivity (Wildman–Crippen MR) is 75.6 cm³/mol. The molecule has 0 saturated carbocycles. The van der Waals surface area contributed by atoms with Gasteiger partial charge in [0.2, 0.25) is 5.91 Å². The third kappa shape index (κ3) is 3.81. The smallest absolute Gasteiger partial charge is 0.227 e. The molecule has 0 atom stereocenters. The third-order valence-electron chi connectivity index (χ3n) is 2.79. The molecule has 0 aliphatic rings. The lowest BCUT2D eigenvalue weighted by Gasteiger charge is -2.13. The van der Waals surface area contributed by atoms with Crippen molar-refractivity contribution >= 4 is 17.4 Å². The van der Waals surface area contributed by atoms with Crippen molar-refractivity contribution in [2.75, 3.05) is 12.4 Å². The Labute approximate surface area is 114 Å². The molecule has 0 radical (unpaired) electrons. The Morgan fingerprint density at radius 2 is 1.74 bits per heavy atom. The summed E-state index contributed by atoms with van der Waals surface area (Å²) < 4.78 is 5.23. The molecule has 0 saturated heterocycles. The Kier molecular flexibility index (Phi) is 5.10. The lowest BCUT2D eigenvalue weighted by atomic mass is 10.0. The van der Waals surface area contributed by atoms with Crippen molar-refractivity contribution in [1.82, 2.24) is 0 Å². The van der Waals surface area contributed by atoms with Crippen molar-refractivity contribution in [2.45, 2.75) is 27.7 Å². The van der Waals surface area contributed by atoms with Gasteiger partial charge in [-0.2, -0.15) is 0 Å². The van der Waals surface area contributed by atoms with Gasteiger partial charge >= 0.3 is 0 Å². The van der Waals surface area contributed by atoms with Crippen molar-refractivity contribution in [2.24, 2.45) is 11.8 Å². The molecule has 1 aromatic carbocycles. The van der Waals surface area contributed by atoms with E-state index in [4.69, 9.17) is 4.74 Å². The van der Waals surface area contributed by atoms with E-state index in [1.807, 2.05) is 27.7 Å². The Bertz CT molecular complexity index is 478. The largest absolute Gasteiger partial charge is 0.495 e. The normalized spacial score (nSPS) is 10.7. The van der Waals surface area contributed by atoms with Crippen LogP contribution >= 0.6 is 0 Å². The van der Waals surface area contributed by atoms with E-state index < -0.39 is 0 Å². The Morgan fingerprint density at radius 3 is 2.21 bits per heavy atom. The van der Waals surface area contributed by atoms with Crippen LogP contribution in [0.2, 0.25) is 0 Å². The van der Waals surface area contributed by atoms with Gasteiger partial charge in [0.15, 0.2) is 5.78 Å². The van der Waals surface area contributed by atoms with E-state index >= 15 is 0 Å². The molecule has 0 aromatic heterocycles. The van der Waals surface area contributed by atoms with Gasteiger partial charge in [0, 0.05) is 17.4 Å². The zero-order valence-electron chi connectivity index (χ0n) is 12.1. The van der Waals surface area contributed by atoms with Gasteiger partial charge in [-0.05, 0) is 18.2 Å². The van der Waals surface area contributed by atoms with Crippen LogP contribution in [0.1, 0.15) is 38.1 Å². The fourth-order valence-corrected chi connectivity index (χ4v) is 1.56. The zero-order valence-corrected chi connectivity index (χ0v) is 12.1. The predicted octanol–water partition coefficient (Wildman–Crippen LogP) is 3.13. The number of nitrogens with one attached hydrogen (secondary N) is 1. The van der Waals surface area contributed by atoms with Gasteiger partial charge in [0.1, 0.15) is 5.75 Å². The van der Waals surface area contributed by atoms with E-state index in [9.17, 15) is 9.59 Å². The molecule has 1 aromatic rings. The van der Waals surface area contributed by atoms with Crippen LogP contribution in [0.4, 0.5) is 5.69 Å². The van der Waals surface area contributed by atoms with E-state index in [2.05, 4.69) is 5.32 Å². The second-order valence-corrected chi connectivity index (χ2v) is 5.08. The number of anilines is 1. The highest BCUT2D eigenvalue weighted by atomic mass is 16.5. The lowest BCUT2D eigenvalue weighted by Crippen LogP contribution is -2.18. The third-order valence-corrected chi connectivity index (χ3v) is 2.79. The van der Waals surface area contributed by atoms with E-state index in [1.165, 1.54) is 7.11 Å². The van der Waals surface area contributed by atoms with E-state index in [-0.39, 0.29) is 23.5 Å². The van der Waals surface area contributed by atoms with Crippen LogP contribution in [0.25, 0.3) is 0 Å². The highest BCUT2D eigenvalue weighted by Crippen LogP contribution is 2.27. The summed E-state index contributed by atoms with van der Waals surface area (Å²) in [7, 11) is 1.52. The van der Waals surface area contributed by atoms with Gasteiger partial charge in [0.05, 0.1) is 12.8 Å². The Morgan fingerprint density at radius 1 is 1.11 bits per heavy atom. The molecule has 104 valence electrons. The summed E-state index contributed by atoms with van der Waals surface area (Å²) in [6.07, 6.45) is 0. The van der Waals surface area contributed by atoms with E-state index in [0.29, 0.717) is 17.0 Å². The van der Waals surface area contributed by atoms with Crippen LogP contribution in [0.5, 0.6) is 5.75 Å². The maximum absolute atomic E-state index is 11.9. The minimum absolute atomic E-state index is 0.0556. The number of hydrogen-bond donors (Lipinski definition) is 1. The summed E-state index contributed by atoms with van der Waals surface area (Å²) in [5, 5.41) is 2.78. The van der Waals surface area contributed by atoms with E-state index in [1.54, 1.807) is 18.2 Å². The average molecular weight is 263 g/mol. The summed E-state index contributed by atoms with van der Waals surface area (Å²) in [5.41, 5.74) is 1.18. The number of carbonyl (C=O) groups is 2. The summed E-state index contributed by atoms with van der Waals surface area (Å²) in [4.78, 5) is 23.6. The molecule has 1 amide bonds. The minimum atomic E-state index is -0.110. The van der Waals surface area contributed by atoms with Gasteiger partial charge in [0.25, 0.3) is 0 Å². The van der Waals surface area contributed by atoms with Gasteiger partial charge < -0.3 is 10.1 Å². The second-order valence-electron chi connectivity index (χ2n) is 5.08. The topological polar surface area (TPSA) is 55.4 Å². The number of methoxy groups -OCH3 is 1. The van der Waals surface area contributed by atoms with Crippen LogP contribution < -0.4 is 10.1 Å². The highest BCUT2D eigenvalue weighted by molar-refractivity contribution is 5.99. The number of ether oxygens (including phenoxy) is 1. The standard InChI is InChI=1S/C15H21NO3/c1-9(2)14(17)11-6-7-12(13(8-11)19-5)16-15(18)10(3)4/h6-10H,1-5H3,(H,16,18). The van der Waals surface area contributed by atoms with Crippen LogP contribution in [0.15, 0.2) is 18.2 Å². The summed E-state index contributed by atoms with van der Waals surface area (Å²) in [5.74, 6) is 0.296. The molecule has 4 nitrogen and oxygen atoms in total. The number of carbonyl (C=O) groups excluding carboxylic acids is 2. The van der Waals surface area contributed by atoms with Crippen molar-refractivity contribution in [3.8, 4) is 5.75 Å². The number of Topliss-reactive ketones (excluding diaryl/α,β-unsaturated/α-hetero) is 1. The number of amides is 1. The first kappa shape index (κ1) is 15.2. The van der Waals surface area contributed by atoms with Crippen molar-refractivity contribution in [3.63, 3.8) is 0 Å². The molecule has 0 unspecified atom stereocenters. The monoisotopic (exact) mass is 263 g/mol. The molecule has 0 bridgehead atoms. The summed E-state index contributed by atoms with van der Waals surface area (Å²) >= 11 is 0. The van der Waals surface area contributed by atoms with Crippen LogP contribution in [-0.2, 0) is 4.79 Å². The number of hydrogen-bond acceptors (Lipinski definition) is 3. The first-order valence-corrected chi connectivity index (χ1v) is 6.40. The second kappa shape index (κ2) is 6.36. The quantitative estimate of drug-likeness (QED) is 0.830. The van der Waals surface area contributed by atoms with E-state index in [0.717, 1.165) is 0 Å². The van der Waals surface area contributed by atoms with Crippen molar-refractivity contribution < 1.29 is 14.3 Å². The molecule has 1 N–H and O–H groups in total. The van der Waals surface area contributed by atoms with Crippen LogP contribution in [-0.4, -0.2) is 18.8 Å². The molecule has 19 heavy (non-hydrogen) atoms. The fraction of sp³-hybridized carbons (Fsp3) is 0.467. The maximum Gasteiger partial charge on any atom is 0.227 e. The number of benzene rings is 1. The molecular weight excluding hydrogens is 242 g/mol. The van der Waals surface area contributed by atoms with Gasteiger partial charge in [-0.25, -0.2) is 0 Å². The molecule has 0 fully saturated rings. The number of ketones is 1. The summed E-state index contributed by atoms with van der Waals surface area (Å²) in [6, 6.07) is 5.08. The van der Waals surface area contributed by atoms with Gasteiger partial charge in [-0.1, -0.05) is 27.7 Å². The first-order chi connectivity index (χ1) is 8.86. The van der Waals surface area contributed by atoms with Crippen LogP contribution in [0.3, 0.4) is 0 Å².